The molecule has 1 heterocycles. The molecule has 2 fully saturated rings. The van der Waals surface area contributed by atoms with Crippen LogP contribution in [0.15, 0.2) is 18.2 Å². The summed E-state index contributed by atoms with van der Waals surface area (Å²) in [5.41, 5.74) is 5.34. The van der Waals surface area contributed by atoms with E-state index in [2.05, 4.69) is 0 Å². The molecule has 27 heavy (non-hydrogen) atoms. The highest BCUT2D eigenvalue weighted by molar-refractivity contribution is 6.05. The molecule has 1 aromatic rings. The van der Waals surface area contributed by atoms with Crippen LogP contribution in [0.3, 0.4) is 0 Å². The van der Waals surface area contributed by atoms with Crippen LogP contribution in [-0.2, 0) is 14.4 Å². The first kappa shape index (κ1) is 18.9. The molecule has 0 unspecified atom stereocenters. The maximum atomic E-state index is 12.4. The number of primary amides is 1. The zero-order chi connectivity index (χ0) is 19.6. The molecule has 3 amide bonds. The van der Waals surface area contributed by atoms with Crippen LogP contribution in [0.25, 0.3) is 0 Å². The summed E-state index contributed by atoms with van der Waals surface area (Å²) in [6.45, 7) is -0.0284. The molecule has 0 radical (unpaired) electrons. The summed E-state index contributed by atoms with van der Waals surface area (Å²) in [6.07, 6.45) is 3.18. The Hall–Kier alpha value is -2.90. The largest absolute Gasteiger partial charge is 0.497 e. The number of hydrogen-bond donors (Lipinski definition) is 1. The Kier molecular flexibility index (Phi) is 5.43. The van der Waals surface area contributed by atoms with Crippen molar-refractivity contribution in [3.63, 3.8) is 0 Å². The third kappa shape index (κ3) is 3.79. The molecular weight excluding hydrogens is 352 g/mol. The number of carbonyl (C=O) groups excluding carboxylic acids is 4. The van der Waals surface area contributed by atoms with Crippen molar-refractivity contribution in [2.24, 2.45) is 17.6 Å². The van der Waals surface area contributed by atoms with E-state index in [0.717, 1.165) is 25.7 Å². The number of ether oxygens (including phenoxy) is 2. The molecule has 2 atom stereocenters. The highest BCUT2D eigenvalue weighted by Crippen LogP contribution is 2.38. The van der Waals surface area contributed by atoms with E-state index in [0.29, 0.717) is 5.75 Å². The second-order valence-corrected chi connectivity index (χ2v) is 6.78. The van der Waals surface area contributed by atoms with Gasteiger partial charge in [-0.05, 0) is 25.0 Å². The first-order valence-electron chi connectivity index (χ1n) is 8.96. The minimum atomic E-state index is -0.741. The first-order chi connectivity index (χ1) is 12.9. The molecule has 144 valence electrons. The first-order valence-corrected chi connectivity index (χ1v) is 8.96. The van der Waals surface area contributed by atoms with Crippen LogP contribution in [-0.4, -0.2) is 42.2 Å². The normalized spacial score (nSPS) is 21.7. The highest BCUT2D eigenvalue weighted by Gasteiger charge is 2.47. The number of rotatable bonds is 6. The zero-order valence-electron chi connectivity index (χ0n) is 15.1. The van der Waals surface area contributed by atoms with Gasteiger partial charge >= 0.3 is 5.97 Å². The fourth-order valence-electron chi connectivity index (χ4n) is 3.75. The summed E-state index contributed by atoms with van der Waals surface area (Å²) in [5.74, 6) is -1.91. The number of nitrogens with two attached hydrogens (primary N) is 1. The van der Waals surface area contributed by atoms with E-state index in [1.54, 1.807) is 0 Å². The van der Waals surface area contributed by atoms with E-state index in [9.17, 15) is 19.2 Å². The summed E-state index contributed by atoms with van der Waals surface area (Å²) in [6, 6.07) is 4.32. The van der Waals surface area contributed by atoms with E-state index >= 15 is 0 Å². The molecule has 0 bridgehead atoms. The Morgan fingerprint density at radius 2 is 1.78 bits per heavy atom. The molecule has 1 aliphatic carbocycles. The van der Waals surface area contributed by atoms with Gasteiger partial charge in [-0.1, -0.05) is 12.8 Å². The molecule has 1 aromatic carbocycles. The third-order valence-corrected chi connectivity index (χ3v) is 5.15. The van der Waals surface area contributed by atoms with Gasteiger partial charge in [-0.3, -0.25) is 24.1 Å². The van der Waals surface area contributed by atoms with Gasteiger partial charge in [-0.15, -0.1) is 0 Å². The average molecular weight is 374 g/mol. The number of carbonyl (C=O) groups is 4. The Bertz CT molecular complexity index is 766. The lowest BCUT2D eigenvalue weighted by Crippen LogP contribution is -2.33. The van der Waals surface area contributed by atoms with Gasteiger partial charge in [-0.25, -0.2) is 0 Å². The van der Waals surface area contributed by atoms with Crippen LogP contribution in [0.1, 0.15) is 42.5 Å². The fourth-order valence-corrected chi connectivity index (χ4v) is 3.75. The van der Waals surface area contributed by atoms with Crippen molar-refractivity contribution < 1.29 is 28.7 Å². The number of methoxy groups -OCH3 is 1. The second kappa shape index (κ2) is 7.77. The summed E-state index contributed by atoms with van der Waals surface area (Å²) in [5, 5.41) is 0. The van der Waals surface area contributed by atoms with Gasteiger partial charge in [0.05, 0.1) is 30.9 Å². The minimum Gasteiger partial charge on any atom is -0.497 e. The standard InChI is InChI=1S/C19H22N2O6/c1-26-11-6-7-14(17(20)23)15(10-11)27-16(22)8-9-21-18(24)12-4-2-3-5-13(12)19(21)25/h6-7,10,12-13H,2-5,8-9H2,1H3,(H2,20,23)/t12-,13+. The maximum Gasteiger partial charge on any atom is 0.313 e. The van der Waals surface area contributed by atoms with Crippen LogP contribution in [0, 0.1) is 11.8 Å². The lowest BCUT2D eigenvalue weighted by molar-refractivity contribution is -0.141. The van der Waals surface area contributed by atoms with Gasteiger partial charge in [0.1, 0.15) is 11.5 Å². The molecule has 0 aromatic heterocycles. The zero-order valence-corrected chi connectivity index (χ0v) is 15.1. The van der Waals surface area contributed by atoms with E-state index in [-0.39, 0.29) is 47.9 Å². The summed E-state index contributed by atoms with van der Waals surface area (Å²) < 4.78 is 10.3. The van der Waals surface area contributed by atoms with Crippen LogP contribution in [0.5, 0.6) is 11.5 Å². The van der Waals surface area contributed by atoms with Gasteiger partial charge in [0.25, 0.3) is 5.91 Å². The number of imide groups is 1. The van der Waals surface area contributed by atoms with Crippen molar-refractivity contribution in [2.45, 2.75) is 32.1 Å². The number of likely N-dealkylation sites (tertiary alicyclic amines) is 1. The lowest BCUT2D eigenvalue weighted by atomic mass is 9.81. The van der Waals surface area contributed by atoms with E-state index in [4.69, 9.17) is 15.2 Å². The fraction of sp³-hybridized carbons (Fsp3) is 0.474. The maximum absolute atomic E-state index is 12.4. The molecule has 1 saturated heterocycles. The van der Waals surface area contributed by atoms with Gasteiger partial charge in [0, 0.05) is 12.6 Å². The highest BCUT2D eigenvalue weighted by atomic mass is 16.5. The number of amides is 3. The Morgan fingerprint density at radius 1 is 1.15 bits per heavy atom. The molecule has 0 spiro atoms. The van der Waals surface area contributed by atoms with Crippen LogP contribution in [0.2, 0.25) is 0 Å². The predicted octanol–water partition coefficient (Wildman–Crippen LogP) is 1.26. The predicted molar refractivity (Wildman–Crippen MR) is 93.9 cm³/mol. The monoisotopic (exact) mass is 374 g/mol. The number of hydrogen-bond acceptors (Lipinski definition) is 6. The quantitative estimate of drug-likeness (QED) is 0.455. The molecule has 8 heteroatoms. The van der Waals surface area contributed by atoms with Gasteiger partial charge in [0.15, 0.2) is 0 Å². The van der Waals surface area contributed by atoms with Crippen molar-refractivity contribution in [1.29, 1.82) is 0 Å². The van der Waals surface area contributed by atoms with E-state index < -0.39 is 11.9 Å². The van der Waals surface area contributed by atoms with Crippen molar-refractivity contribution in [3.8, 4) is 11.5 Å². The molecule has 3 rings (SSSR count). The molecule has 1 saturated carbocycles. The van der Waals surface area contributed by atoms with Crippen molar-refractivity contribution in [3.05, 3.63) is 23.8 Å². The molecule has 1 aliphatic heterocycles. The van der Waals surface area contributed by atoms with Gasteiger partial charge in [-0.2, -0.15) is 0 Å². The van der Waals surface area contributed by atoms with Gasteiger partial charge in [0.2, 0.25) is 11.8 Å². The molecule has 8 nitrogen and oxygen atoms in total. The molecular formula is C19H22N2O6. The summed E-state index contributed by atoms with van der Waals surface area (Å²) >= 11 is 0. The average Bonchev–Trinajstić information content (AvgIpc) is 2.90. The Balaban J connectivity index is 1.64. The minimum absolute atomic E-state index is 0.0143. The topological polar surface area (TPSA) is 116 Å². The summed E-state index contributed by atoms with van der Waals surface area (Å²) in [4.78, 5) is 49.7. The van der Waals surface area contributed by atoms with Gasteiger partial charge < -0.3 is 15.2 Å². The van der Waals surface area contributed by atoms with Crippen molar-refractivity contribution >= 4 is 23.7 Å². The number of fused-ring (bicyclic) bond motifs is 1. The Morgan fingerprint density at radius 3 is 2.33 bits per heavy atom. The molecule has 2 N–H and O–H groups in total. The van der Waals surface area contributed by atoms with Crippen LogP contribution < -0.4 is 15.2 Å². The molecule has 2 aliphatic rings. The van der Waals surface area contributed by atoms with Crippen molar-refractivity contribution in [2.75, 3.05) is 13.7 Å². The lowest BCUT2D eigenvalue weighted by Gasteiger charge is -2.19. The smallest absolute Gasteiger partial charge is 0.313 e. The number of esters is 1. The van der Waals surface area contributed by atoms with Crippen LogP contribution >= 0.6 is 0 Å². The third-order valence-electron chi connectivity index (χ3n) is 5.15. The second-order valence-electron chi connectivity index (χ2n) is 6.78. The van der Waals surface area contributed by atoms with E-state index in [1.807, 2.05) is 0 Å². The number of nitrogens with zero attached hydrogens (tertiary/aromatic N) is 1. The van der Waals surface area contributed by atoms with Crippen LogP contribution in [0.4, 0.5) is 0 Å². The Labute approximate surface area is 156 Å². The van der Waals surface area contributed by atoms with Crippen molar-refractivity contribution in [1.82, 2.24) is 4.90 Å². The SMILES string of the molecule is COc1ccc(C(N)=O)c(OC(=O)CCN2C(=O)[C@H]3CCCC[C@H]3C2=O)c1. The van der Waals surface area contributed by atoms with E-state index in [1.165, 1.54) is 30.2 Å². The number of benzene rings is 1. The summed E-state index contributed by atoms with van der Waals surface area (Å²) in [7, 11) is 1.44.